The smallest absolute Gasteiger partial charge is 0.0309 e. The highest BCUT2D eigenvalue weighted by molar-refractivity contribution is 4.99. The second-order valence-corrected chi connectivity index (χ2v) is 6.49. The van der Waals surface area contributed by atoms with Crippen LogP contribution < -0.4 is 11.1 Å². The Kier molecular flexibility index (Phi) is 3.91. The van der Waals surface area contributed by atoms with Gasteiger partial charge < -0.3 is 11.1 Å². The molecule has 2 aliphatic carbocycles. The van der Waals surface area contributed by atoms with Crippen LogP contribution in [0.4, 0.5) is 0 Å². The second kappa shape index (κ2) is 5.05. The normalized spacial score (nSPS) is 35.6. The van der Waals surface area contributed by atoms with E-state index in [1.807, 2.05) is 0 Å². The van der Waals surface area contributed by atoms with Crippen molar-refractivity contribution < 1.29 is 0 Å². The van der Waals surface area contributed by atoms with Crippen LogP contribution in [0.15, 0.2) is 0 Å². The van der Waals surface area contributed by atoms with Gasteiger partial charge in [0.1, 0.15) is 0 Å². The highest BCUT2D eigenvalue weighted by atomic mass is 15.1. The first-order valence-corrected chi connectivity index (χ1v) is 7.11. The maximum Gasteiger partial charge on any atom is 0.0309 e. The quantitative estimate of drug-likeness (QED) is 0.753. The summed E-state index contributed by atoms with van der Waals surface area (Å²) >= 11 is 0. The SMILES string of the molecule is CC(C)CC1CCCC(CN)(NC2CC2)C1. The van der Waals surface area contributed by atoms with Crippen molar-refractivity contribution in [2.45, 2.75) is 70.4 Å². The molecule has 0 heterocycles. The molecule has 0 amide bonds. The van der Waals surface area contributed by atoms with E-state index in [-0.39, 0.29) is 0 Å². The molecule has 0 aromatic carbocycles. The van der Waals surface area contributed by atoms with Crippen LogP contribution in [-0.4, -0.2) is 18.1 Å². The predicted molar refractivity (Wildman–Crippen MR) is 69.4 cm³/mol. The van der Waals surface area contributed by atoms with E-state index in [9.17, 15) is 0 Å². The number of nitrogens with two attached hydrogens (primary N) is 1. The zero-order valence-corrected chi connectivity index (χ0v) is 11.0. The van der Waals surface area contributed by atoms with Gasteiger partial charge >= 0.3 is 0 Å². The largest absolute Gasteiger partial charge is 0.329 e. The maximum atomic E-state index is 6.04. The fraction of sp³-hybridized carbons (Fsp3) is 1.00. The molecule has 16 heavy (non-hydrogen) atoms. The van der Waals surface area contributed by atoms with Crippen molar-refractivity contribution in [1.82, 2.24) is 5.32 Å². The lowest BCUT2D eigenvalue weighted by molar-refractivity contribution is 0.166. The minimum absolute atomic E-state index is 0.291. The van der Waals surface area contributed by atoms with E-state index in [4.69, 9.17) is 5.73 Å². The summed E-state index contributed by atoms with van der Waals surface area (Å²) in [6.07, 6.45) is 9.54. The molecular weight excluding hydrogens is 196 g/mol. The Morgan fingerprint density at radius 2 is 2.06 bits per heavy atom. The molecule has 0 spiro atoms. The van der Waals surface area contributed by atoms with E-state index in [1.54, 1.807) is 0 Å². The van der Waals surface area contributed by atoms with Crippen molar-refractivity contribution in [3.05, 3.63) is 0 Å². The maximum absolute atomic E-state index is 6.04. The van der Waals surface area contributed by atoms with Gasteiger partial charge in [0.25, 0.3) is 0 Å². The standard InChI is InChI=1S/C14H28N2/c1-11(2)8-12-4-3-7-14(9-12,10-15)16-13-5-6-13/h11-13,16H,3-10,15H2,1-2H3. The van der Waals surface area contributed by atoms with Crippen LogP contribution in [-0.2, 0) is 0 Å². The molecule has 0 bridgehead atoms. The second-order valence-electron chi connectivity index (χ2n) is 6.49. The van der Waals surface area contributed by atoms with Gasteiger partial charge in [0.15, 0.2) is 0 Å². The molecule has 0 saturated heterocycles. The van der Waals surface area contributed by atoms with E-state index < -0.39 is 0 Å². The fourth-order valence-electron chi connectivity index (χ4n) is 3.39. The van der Waals surface area contributed by atoms with Gasteiger partial charge in [-0.25, -0.2) is 0 Å². The Bertz CT molecular complexity index is 223. The molecule has 0 radical (unpaired) electrons. The molecular formula is C14H28N2. The van der Waals surface area contributed by atoms with Crippen LogP contribution in [0.2, 0.25) is 0 Å². The summed E-state index contributed by atoms with van der Waals surface area (Å²) in [4.78, 5) is 0. The molecule has 2 aliphatic rings. The summed E-state index contributed by atoms with van der Waals surface area (Å²) in [6, 6.07) is 0.793. The molecule has 2 fully saturated rings. The van der Waals surface area contributed by atoms with Crippen LogP contribution in [0.1, 0.15) is 58.8 Å². The van der Waals surface area contributed by atoms with Gasteiger partial charge in [-0.1, -0.05) is 26.7 Å². The minimum Gasteiger partial charge on any atom is -0.329 e. The first kappa shape index (κ1) is 12.4. The van der Waals surface area contributed by atoms with Crippen LogP contribution in [0.3, 0.4) is 0 Å². The third-order valence-corrected chi connectivity index (χ3v) is 4.23. The van der Waals surface area contributed by atoms with Crippen molar-refractivity contribution >= 4 is 0 Å². The minimum atomic E-state index is 0.291. The summed E-state index contributed by atoms with van der Waals surface area (Å²) in [5, 5.41) is 3.83. The third-order valence-electron chi connectivity index (χ3n) is 4.23. The highest BCUT2D eigenvalue weighted by Gasteiger charge is 2.39. The molecule has 0 aromatic rings. The molecule has 2 saturated carbocycles. The lowest BCUT2D eigenvalue weighted by Crippen LogP contribution is -2.55. The Morgan fingerprint density at radius 3 is 2.62 bits per heavy atom. The number of hydrogen-bond donors (Lipinski definition) is 2. The lowest BCUT2D eigenvalue weighted by Gasteiger charge is -2.42. The fourth-order valence-corrected chi connectivity index (χ4v) is 3.39. The molecule has 2 atom stereocenters. The van der Waals surface area contributed by atoms with Crippen molar-refractivity contribution in [3.8, 4) is 0 Å². The summed E-state index contributed by atoms with van der Waals surface area (Å²) in [5.41, 5.74) is 6.34. The van der Waals surface area contributed by atoms with Crippen LogP contribution in [0, 0.1) is 11.8 Å². The molecule has 2 rings (SSSR count). The van der Waals surface area contributed by atoms with Gasteiger partial charge in [0.2, 0.25) is 0 Å². The first-order valence-electron chi connectivity index (χ1n) is 7.11. The molecule has 0 aliphatic heterocycles. The molecule has 0 aromatic heterocycles. The van der Waals surface area contributed by atoms with Gasteiger partial charge in [-0.15, -0.1) is 0 Å². The molecule has 2 nitrogen and oxygen atoms in total. The van der Waals surface area contributed by atoms with Crippen molar-refractivity contribution in [2.75, 3.05) is 6.54 Å². The zero-order chi connectivity index (χ0) is 11.6. The van der Waals surface area contributed by atoms with Crippen molar-refractivity contribution in [1.29, 1.82) is 0 Å². The third kappa shape index (κ3) is 3.21. The average molecular weight is 224 g/mol. The van der Waals surface area contributed by atoms with Gasteiger partial charge in [0, 0.05) is 18.1 Å². The summed E-state index contributed by atoms with van der Waals surface area (Å²) < 4.78 is 0. The molecule has 2 unspecified atom stereocenters. The Hall–Kier alpha value is -0.0800. The first-order chi connectivity index (χ1) is 7.63. The van der Waals surface area contributed by atoms with E-state index in [0.717, 1.165) is 24.4 Å². The molecule has 94 valence electrons. The van der Waals surface area contributed by atoms with Crippen molar-refractivity contribution in [2.24, 2.45) is 17.6 Å². The predicted octanol–water partition coefficient (Wildman–Crippen LogP) is 2.67. The van der Waals surface area contributed by atoms with E-state index in [2.05, 4.69) is 19.2 Å². The summed E-state index contributed by atoms with van der Waals surface area (Å²) in [7, 11) is 0. The Morgan fingerprint density at radius 1 is 1.31 bits per heavy atom. The van der Waals surface area contributed by atoms with E-state index in [1.165, 1.54) is 44.9 Å². The van der Waals surface area contributed by atoms with Gasteiger partial charge in [-0.05, 0) is 43.9 Å². The Balaban J connectivity index is 1.90. The zero-order valence-electron chi connectivity index (χ0n) is 11.0. The van der Waals surface area contributed by atoms with E-state index >= 15 is 0 Å². The van der Waals surface area contributed by atoms with Crippen LogP contribution in [0.5, 0.6) is 0 Å². The lowest BCUT2D eigenvalue weighted by atomic mass is 9.73. The van der Waals surface area contributed by atoms with Crippen molar-refractivity contribution in [3.63, 3.8) is 0 Å². The Labute approximate surface area is 100 Å². The van der Waals surface area contributed by atoms with Gasteiger partial charge in [0.05, 0.1) is 0 Å². The highest BCUT2D eigenvalue weighted by Crippen LogP contribution is 2.37. The van der Waals surface area contributed by atoms with Crippen LogP contribution >= 0.6 is 0 Å². The number of rotatable bonds is 5. The average Bonchev–Trinajstić information content (AvgIpc) is 3.01. The molecule has 2 heteroatoms. The van der Waals surface area contributed by atoms with Crippen LogP contribution in [0.25, 0.3) is 0 Å². The van der Waals surface area contributed by atoms with Gasteiger partial charge in [-0.3, -0.25) is 0 Å². The number of nitrogens with one attached hydrogen (secondary N) is 1. The van der Waals surface area contributed by atoms with Gasteiger partial charge in [-0.2, -0.15) is 0 Å². The monoisotopic (exact) mass is 224 g/mol. The topological polar surface area (TPSA) is 38.0 Å². The summed E-state index contributed by atoms with van der Waals surface area (Å²) in [6.45, 7) is 5.51. The molecule has 3 N–H and O–H groups in total. The number of hydrogen-bond acceptors (Lipinski definition) is 2. The summed E-state index contributed by atoms with van der Waals surface area (Å²) in [5.74, 6) is 1.74. The van der Waals surface area contributed by atoms with E-state index in [0.29, 0.717) is 5.54 Å².